The molecule has 110 valence electrons. The van der Waals surface area contributed by atoms with Gasteiger partial charge in [0.15, 0.2) is 0 Å². The lowest BCUT2D eigenvalue weighted by Gasteiger charge is -2.13. The van der Waals surface area contributed by atoms with E-state index >= 15 is 0 Å². The highest BCUT2D eigenvalue weighted by Crippen LogP contribution is 2.06. The molecule has 1 rings (SSSR count). The van der Waals surface area contributed by atoms with E-state index in [1.165, 1.54) is 0 Å². The molecule has 7 nitrogen and oxygen atoms in total. The summed E-state index contributed by atoms with van der Waals surface area (Å²) in [6.45, 7) is 4.36. The number of urea groups is 1. The first-order valence-corrected chi connectivity index (χ1v) is 6.52. The molecular weight excluding hydrogens is 260 g/mol. The minimum atomic E-state index is -0.853. The zero-order valence-corrected chi connectivity index (χ0v) is 11.7. The highest BCUT2D eigenvalue weighted by Gasteiger charge is 2.12. The number of carboxylic acid groups (broad SMARTS) is 1. The molecule has 0 aliphatic carbocycles. The number of nitrogens with zero attached hydrogens (tertiary/aromatic N) is 2. The molecule has 0 saturated heterocycles. The molecule has 0 fully saturated rings. The Hall–Kier alpha value is -2.18. The van der Waals surface area contributed by atoms with Crippen molar-refractivity contribution in [3.05, 3.63) is 23.8 Å². The number of carbonyl (C=O) groups is 2. The van der Waals surface area contributed by atoms with Gasteiger partial charge in [0, 0.05) is 19.2 Å². The van der Waals surface area contributed by atoms with Crippen molar-refractivity contribution in [2.45, 2.75) is 33.2 Å². The maximum atomic E-state index is 11.6. The van der Waals surface area contributed by atoms with Crippen LogP contribution in [0.4, 0.5) is 4.79 Å². The number of rotatable bonds is 7. The average molecular weight is 280 g/mol. The highest BCUT2D eigenvalue weighted by atomic mass is 16.4. The minimum Gasteiger partial charge on any atom is -0.481 e. The minimum absolute atomic E-state index is 0.0558. The van der Waals surface area contributed by atoms with Gasteiger partial charge in [0.2, 0.25) is 0 Å². The van der Waals surface area contributed by atoms with Crippen molar-refractivity contribution in [1.82, 2.24) is 20.6 Å². The summed E-state index contributed by atoms with van der Waals surface area (Å²) in [6, 6.07) is -0.337. The molecule has 7 heteroatoms. The van der Waals surface area contributed by atoms with Crippen LogP contribution in [0.1, 0.15) is 31.2 Å². The second kappa shape index (κ2) is 8.08. The van der Waals surface area contributed by atoms with Crippen LogP contribution in [-0.2, 0) is 11.3 Å². The molecule has 0 saturated carbocycles. The van der Waals surface area contributed by atoms with Crippen LogP contribution in [0.25, 0.3) is 0 Å². The van der Waals surface area contributed by atoms with Gasteiger partial charge in [-0.1, -0.05) is 13.3 Å². The Morgan fingerprint density at radius 2 is 2.05 bits per heavy atom. The Kier molecular flexibility index (Phi) is 6.42. The van der Waals surface area contributed by atoms with E-state index in [1.807, 2.05) is 13.8 Å². The first kappa shape index (κ1) is 15.9. The SMILES string of the molecule is CCC(CNC(=O)NCc1cnc(C)cn1)CC(=O)O. The molecule has 0 aliphatic rings. The van der Waals surface area contributed by atoms with E-state index in [2.05, 4.69) is 20.6 Å². The summed E-state index contributed by atoms with van der Waals surface area (Å²) in [7, 11) is 0. The van der Waals surface area contributed by atoms with Gasteiger partial charge >= 0.3 is 12.0 Å². The van der Waals surface area contributed by atoms with Crippen molar-refractivity contribution in [2.75, 3.05) is 6.54 Å². The molecular formula is C13H20N4O3. The van der Waals surface area contributed by atoms with Gasteiger partial charge in [0.25, 0.3) is 0 Å². The van der Waals surface area contributed by atoms with Crippen molar-refractivity contribution < 1.29 is 14.7 Å². The van der Waals surface area contributed by atoms with Crippen LogP contribution in [-0.4, -0.2) is 33.6 Å². The topological polar surface area (TPSA) is 104 Å². The van der Waals surface area contributed by atoms with E-state index in [0.717, 1.165) is 5.69 Å². The monoisotopic (exact) mass is 280 g/mol. The van der Waals surface area contributed by atoms with Gasteiger partial charge in [-0.3, -0.25) is 14.8 Å². The van der Waals surface area contributed by atoms with E-state index in [4.69, 9.17) is 5.11 Å². The maximum Gasteiger partial charge on any atom is 0.315 e. The number of carbonyl (C=O) groups excluding carboxylic acids is 1. The molecule has 0 radical (unpaired) electrons. The Balaban J connectivity index is 2.29. The van der Waals surface area contributed by atoms with Crippen molar-refractivity contribution in [1.29, 1.82) is 0 Å². The fourth-order valence-corrected chi connectivity index (χ4v) is 1.59. The standard InChI is InChI=1S/C13H20N4O3/c1-3-10(4-12(18)19)6-16-13(20)17-8-11-7-14-9(2)5-15-11/h5,7,10H,3-4,6,8H2,1-2H3,(H,18,19)(H2,16,17,20). The van der Waals surface area contributed by atoms with Gasteiger partial charge in [-0.25, -0.2) is 4.79 Å². The van der Waals surface area contributed by atoms with E-state index in [0.29, 0.717) is 18.7 Å². The van der Waals surface area contributed by atoms with Crippen LogP contribution >= 0.6 is 0 Å². The van der Waals surface area contributed by atoms with Gasteiger partial charge in [-0.2, -0.15) is 0 Å². The summed E-state index contributed by atoms with van der Waals surface area (Å²) in [4.78, 5) is 30.4. The smallest absolute Gasteiger partial charge is 0.315 e. The van der Waals surface area contributed by atoms with E-state index in [9.17, 15) is 9.59 Å². The molecule has 2 amide bonds. The number of amides is 2. The van der Waals surface area contributed by atoms with Crippen LogP contribution < -0.4 is 10.6 Å². The Morgan fingerprint density at radius 1 is 1.30 bits per heavy atom. The number of nitrogens with one attached hydrogen (secondary N) is 2. The molecule has 1 unspecified atom stereocenters. The van der Waals surface area contributed by atoms with Crippen LogP contribution in [0.3, 0.4) is 0 Å². The molecule has 0 aliphatic heterocycles. The second-order valence-electron chi connectivity index (χ2n) is 4.58. The van der Waals surface area contributed by atoms with Gasteiger partial charge in [0.05, 0.1) is 24.1 Å². The van der Waals surface area contributed by atoms with Gasteiger partial charge in [-0.05, 0) is 12.8 Å². The van der Waals surface area contributed by atoms with Crippen LogP contribution in [0.2, 0.25) is 0 Å². The van der Waals surface area contributed by atoms with Crippen LogP contribution in [0, 0.1) is 12.8 Å². The Bertz CT molecular complexity index is 447. The van der Waals surface area contributed by atoms with E-state index in [-0.39, 0.29) is 24.9 Å². The van der Waals surface area contributed by atoms with Crippen LogP contribution in [0.5, 0.6) is 0 Å². The Labute approximate surface area is 117 Å². The molecule has 1 heterocycles. The third kappa shape index (κ3) is 6.12. The summed E-state index contributed by atoms with van der Waals surface area (Å²) in [5, 5.41) is 14.0. The fraction of sp³-hybridized carbons (Fsp3) is 0.538. The van der Waals surface area contributed by atoms with Gasteiger partial charge < -0.3 is 15.7 Å². The number of aliphatic carboxylic acids is 1. The second-order valence-corrected chi connectivity index (χ2v) is 4.58. The molecule has 3 N–H and O–H groups in total. The lowest BCUT2D eigenvalue weighted by Crippen LogP contribution is -2.38. The first-order chi connectivity index (χ1) is 9.51. The largest absolute Gasteiger partial charge is 0.481 e. The van der Waals surface area contributed by atoms with Crippen molar-refractivity contribution in [2.24, 2.45) is 5.92 Å². The molecule has 0 aromatic carbocycles. The summed E-state index contributed by atoms with van der Waals surface area (Å²) >= 11 is 0. The third-order valence-electron chi connectivity index (χ3n) is 2.86. The lowest BCUT2D eigenvalue weighted by molar-refractivity contribution is -0.138. The summed E-state index contributed by atoms with van der Waals surface area (Å²) in [6.07, 6.45) is 4.00. The number of carboxylic acids is 1. The number of aryl methyl sites for hydroxylation is 1. The number of hydrogen-bond donors (Lipinski definition) is 3. The summed E-state index contributed by atoms with van der Waals surface area (Å²) in [5.74, 6) is -0.911. The summed E-state index contributed by atoms with van der Waals surface area (Å²) < 4.78 is 0. The lowest BCUT2D eigenvalue weighted by atomic mass is 10.0. The quantitative estimate of drug-likeness (QED) is 0.693. The number of hydrogen-bond acceptors (Lipinski definition) is 4. The van der Waals surface area contributed by atoms with Crippen molar-refractivity contribution >= 4 is 12.0 Å². The first-order valence-electron chi connectivity index (χ1n) is 6.52. The maximum absolute atomic E-state index is 11.6. The predicted octanol–water partition coefficient (Wildman–Crippen LogP) is 1.09. The zero-order valence-electron chi connectivity index (χ0n) is 11.7. The zero-order chi connectivity index (χ0) is 15.0. The van der Waals surface area contributed by atoms with E-state index < -0.39 is 5.97 Å². The number of aromatic nitrogens is 2. The average Bonchev–Trinajstić information content (AvgIpc) is 2.42. The third-order valence-corrected chi connectivity index (χ3v) is 2.86. The Morgan fingerprint density at radius 3 is 2.60 bits per heavy atom. The summed E-state index contributed by atoms with van der Waals surface area (Å²) in [5.41, 5.74) is 1.49. The molecule has 1 atom stereocenters. The van der Waals surface area contributed by atoms with Gasteiger partial charge in [0.1, 0.15) is 0 Å². The fourth-order valence-electron chi connectivity index (χ4n) is 1.59. The molecule has 1 aromatic rings. The molecule has 0 bridgehead atoms. The predicted molar refractivity (Wildman–Crippen MR) is 73.0 cm³/mol. The van der Waals surface area contributed by atoms with Crippen molar-refractivity contribution in [3.63, 3.8) is 0 Å². The molecule has 0 spiro atoms. The van der Waals surface area contributed by atoms with Gasteiger partial charge in [-0.15, -0.1) is 0 Å². The normalized spacial score (nSPS) is 11.7. The van der Waals surface area contributed by atoms with Crippen LogP contribution in [0.15, 0.2) is 12.4 Å². The van der Waals surface area contributed by atoms with E-state index in [1.54, 1.807) is 12.4 Å². The molecule has 20 heavy (non-hydrogen) atoms. The molecule has 1 aromatic heterocycles. The highest BCUT2D eigenvalue weighted by molar-refractivity contribution is 5.74. The van der Waals surface area contributed by atoms with Crippen molar-refractivity contribution in [3.8, 4) is 0 Å².